The van der Waals surface area contributed by atoms with Crippen LogP contribution in [0.2, 0.25) is 0 Å². The zero-order chi connectivity index (χ0) is 62.1. The number of likely N-dealkylation sites (tertiary alicyclic amines) is 1. The van der Waals surface area contributed by atoms with E-state index in [0.717, 1.165) is 5.56 Å². The SMILES string of the molecule is CC(NC(=O)C(Cc1ccccc1)NC(=O)C(CCC(N)=O)NC(=O)CNC(=O)C1CCCN1C(=O)C(Cc1ccccc1)NC(=O)C(N)Cc1ccc(O)cc1)C(=O)NC(Cc1ccccc1)C(=O)NC(CO)C(=O)O.O=C(O)C(F)(F)F. The van der Waals surface area contributed by atoms with Crippen molar-refractivity contribution in [2.75, 3.05) is 19.7 Å². The minimum absolute atomic E-state index is 0.0434. The molecule has 0 bridgehead atoms. The summed E-state index contributed by atoms with van der Waals surface area (Å²) in [5, 5.41) is 53.3. The number of carbonyl (C=O) groups is 11. The van der Waals surface area contributed by atoms with Crippen molar-refractivity contribution in [3.05, 3.63) is 138 Å². The molecule has 1 heterocycles. The highest BCUT2D eigenvalue weighted by molar-refractivity contribution is 5.98. The van der Waals surface area contributed by atoms with Crippen molar-refractivity contribution >= 4 is 65.1 Å². The highest BCUT2D eigenvalue weighted by atomic mass is 19.4. The topological polar surface area (TPSA) is 408 Å². The van der Waals surface area contributed by atoms with Gasteiger partial charge in [-0.25, -0.2) is 9.59 Å². The van der Waals surface area contributed by atoms with Crippen LogP contribution in [-0.4, -0.2) is 165 Å². The van der Waals surface area contributed by atoms with Gasteiger partial charge in [0.25, 0.3) is 0 Å². The number of amides is 9. The molecule has 0 radical (unpaired) electrons. The van der Waals surface area contributed by atoms with E-state index in [9.17, 15) is 76.4 Å². The molecule has 15 N–H and O–H groups in total. The van der Waals surface area contributed by atoms with Gasteiger partial charge in [-0.1, -0.05) is 103 Å². The number of aromatic hydroxyl groups is 1. The van der Waals surface area contributed by atoms with Crippen LogP contribution in [0.5, 0.6) is 5.75 Å². The molecule has 452 valence electrons. The lowest BCUT2D eigenvalue weighted by atomic mass is 10.0. The van der Waals surface area contributed by atoms with Gasteiger partial charge in [-0.05, 0) is 67.0 Å². The van der Waals surface area contributed by atoms with E-state index in [2.05, 4.69) is 37.2 Å². The van der Waals surface area contributed by atoms with Crippen LogP contribution >= 0.6 is 0 Å². The number of phenols is 1. The summed E-state index contributed by atoms with van der Waals surface area (Å²) >= 11 is 0. The maximum Gasteiger partial charge on any atom is 0.490 e. The first kappa shape index (κ1) is 67.1. The van der Waals surface area contributed by atoms with Crippen molar-refractivity contribution in [1.29, 1.82) is 0 Å². The standard InChI is InChI=1S/C54H66N10O13.C2HF3O2/c1-32(47(69)60-41(28-34-14-7-3-8-15-34)51(73)63-43(31-65)54(76)77)58-50(72)40(27-33-12-5-2-6-13-33)61-49(71)39(23-24-45(56)67)59-46(68)30-57-52(74)44-18-11-25-64(44)53(75)42(29-35-16-9-4-10-17-35)62-48(70)38(55)26-36-19-21-37(66)22-20-36;3-2(4,5)1(6)7/h2-10,12-17,19-22,32,38-44,65-66H,11,18,23-31,55H2,1H3,(H2,56,67)(H,57,74)(H,58,72)(H,59,68)(H,60,69)(H,61,71)(H,62,70)(H,63,73)(H,76,77);(H,6,7). The average Bonchev–Trinajstić information content (AvgIpc) is 3.84. The van der Waals surface area contributed by atoms with Gasteiger partial charge in [0.15, 0.2) is 0 Å². The summed E-state index contributed by atoms with van der Waals surface area (Å²) in [4.78, 5) is 144. The molecule has 0 aromatic heterocycles. The summed E-state index contributed by atoms with van der Waals surface area (Å²) in [5.74, 6) is -11.4. The van der Waals surface area contributed by atoms with Crippen molar-refractivity contribution in [2.45, 2.75) is 113 Å². The molecule has 1 saturated heterocycles. The van der Waals surface area contributed by atoms with Crippen LogP contribution in [0.3, 0.4) is 0 Å². The third-order valence-electron chi connectivity index (χ3n) is 12.8. The van der Waals surface area contributed by atoms with Gasteiger partial charge in [-0.3, -0.25) is 43.2 Å². The number of alkyl halides is 3. The minimum Gasteiger partial charge on any atom is -0.508 e. The molecular formula is C56H67F3N10O15. The number of phenolic OH excluding ortho intramolecular Hbond substituents is 1. The fraction of sp³-hybridized carbons (Fsp3) is 0.375. The fourth-order valence-electron chi connectivity index (χ4n) is 8.42. The van der Waals surface area contributed by atoms with E-state index in [-0.39, 0.29) is 57.2 Å². The van der Waals surface area contributed by atoms with Gasteiger partial charge in [0.1, 0.15) is 48.0 Å². The molecule has 1 fully saturated rings. The molecule has 9 amide bonds. The predicted molar refractivity (Wildman–Crippen MR) is 292 cm³/mol. The van der Waals surface area contributed by atoms with Crippen LogP contribution in [-0.2, 0) is 78.4 Å². The quantitative estimate of drug-likeness (QED) is 0.0324. The molecule has 0 aliphatic carbocycles. The number of carbonyl (C=O) groups excluding carboxylic acids is 9. The highest BCUT2D eigenvalue weighted by Gasteiger charge is 2.40. The molecule has 1 aliphatic heterocycles. The van der Waals surface area contributed by atoms with Crippen LogP contribution in [0, 0.1) is 0 Å². The van der Waals surface area contributed by atoms with E-state index in [1.54, 1.807) is 103 Å². The van der Waals surface area contributed by atoms with Gasteiger partial charge in [-0.2, -0.15) is 13.2 Å². The maximum absolute atomic E-state index is 14.3. The van der Waals surface area contributed by atoms with E-state index in [1.807, 2.05) is 0 Å². The van der Waals surface area contributed by atoms with Gasteiger partial charge in [0, 0.05) is 32.2 Å². The third kappa shape index (κ3) is 22.5. The smallest absolute Gasteiger partial charge is 0.490 e. The Morgan fingerprint density at radius 3 is 1.51 bits per heavy atom. The molecule has 5 rings (SSSR count). The summed E-state index contributed by atoms with van der Waals surface area (Å²) in [7, 11) is 0. The van der Waals surface area contributed by atoms with E-state index in [1.165, 1.54) is 24.0 Å². The number of aliphatic hydroxyl groups is 1. The highest BCUT2D eigenvalue weighted by Crippen LogP contribution is 2.21. The summed E-state index contributed by atoms with van der Waals surface area (Å²) in [6.45, 7) is -0.143. The lowest BCUT2D eigenvalue weighted by molar-refractivity contribution is -0.192. The minimum atomic E-state index is -5.08. The summed E-state index contributed by atoms with van der Waals surface area (Å²) in [5.41, 5.74) is 14.2. The van der Waals surface area contributed by atoms with E-state index < -0.39 is 133 Å². The van der Waals surface area contributed by atoms with Gasteiger partial charge in [-0.15, -0.1) is 0 Å². The molecular weight excluding hydrogens is 1110 g/mol. The second-order valence-electron chi connectivity index (χ2n) is 19.4. The van der Waals surface area contributed by atoms with Gasteiger partial charge >= 0.3 is 18.1 Å². The number of nitrogens with zero attached hydrogens (tertiary/aromatic N) is 1. The second-order valence-corrected chi connectivity index (χ2v) is 19.4. The van der Waals surface area contributed by atoms with Crippen LogP contribution in [0.25, 0.3) is 0 Å². The number of carboxylic acids is 2. The summed E-state index contributed by atoms with van der Waals surface area (Å²) < 4.78 is 31.7. The first-order valence-electron chi connectivity index (χ1n) is 26.2. The molecule has 28 heteroatoms. The number of hydrogen-bond donors (Lipinski definition) is 13. The molecule has 84 heavy (non-hydrogen) atoms. The number of carboxylic acid groups (broad SMARTS) is 2. The third-order valence-corrected chi connectivity index (χ3v) is 12.8. The fourth-order valence-corrected chi connectivity index (χ4v) is 8.42. The van der Waals surface area contributed by atoms with Crippen LogP contribution in [0.1, 0.15) is 54.9 Å². The Morgan fingerprint density at radius 1 is 0.595 bits per heavy atom. The lowest BCUT2D eigenvalue weighted by Gasteiger charge is -2.29. The second kappa shape index (κ2) is 32.9. The Labute approximate surface area is 479 Å². The number of benzene rings is 4. The average molecular weight is 1180 g/mol. The number of nitrogens with one attached hydrogen (secondary N) is 7. The number of rotatable bonds is 28. The normalized spacial score (nSPS) is 15.3. The first-order chi connectivity index (χ1) is 39.7. The number of nitrogens with two attached hydrogens (primary N) is 2. The number of aliphatic carboxylic acids is 2. The molecule has 25 nitrogen and oxygen atoms in total. The number of halogens is 3. The molecule has 8 atom stereocenters. The van der Waals surface area contributed by atoms with E-state index in [4.69, 9.17) is 21.4 Å². The number of hydrogen-bond acceptors (Lipinski definition) is 14. The predicted octanol–water partition coefficient (Wildman–Crippen LogP) is -0.998. The molecule has 0 spiro atoms. The van der Waals surface area contributed by atoms with Crippen molar-refractivity contribution in [3.63, 3.8) is 0 Å². The van der Waals surface area contributed by atoms with Gasteiger partial charge in [0.05, 0.1) is 19.2 Å². The Kier molecular flexibility index (Phi) is 26.2. The van der Waals surface area contributed by atoms with Crippen LogP contribution in [0.15, 0.2) is 115 Å². The number of primary amides is 1. The number of aliphatic hydroxyl groups excluding tert-OH is 1. The lowest BCUT2D eigenvalue weighted by Crippen LogP contribution is -2.59. The molecule has 8 unspecified atom stereocenters. The van der Waals surface area contributed by atoms with Gasteiger partial charge in [0.2, 0.25) is 53.2 Å². The Balaban J connectivity index is 0.00000203. The van der Waals surface area contributed by atoms with Crippen molar-refractivity contribution in [3.8, 4) is 5.75 Å². The van der Waals surface area contributed by atoms with Crippen LogP contribution < -0.4 is 48.7 Å². The largest absolute Gasteiger partial charge is 0.508 e. The van der Waals surface area contributed by atoms with Crippen molar-refractivity contribution in [1.82, 2.24) is 42.1 Å². The van der Waals surface area contributed by atoms with Crippen molar-refractivity contribution in [2.24, 2.45) is 11.5 Å². The summed E-state index contributed by atoms with van der Waals surface area (Å²) in [6.07, 6.45) is -5.20. The molecule has 1 aliphatic rings. The molecule has 0 saturated carbocycles. The molecule has 4 aromatic rings. The molecule has 4 aromatic carbocycles. The van der Waals surface area contributed by atoms with Crippen LogP contribution in [0.4, 0.5) is 13.2 Å². The monoisotopic (exact) mass is 1180 g/mol. The van der Waals surface area contributed by atoms with Crippen molar-refractivity contribution < 1.29 is 86.3 Å². The maximum atomic E-state index is 14.3. The zero-order valence-electron chi connectivity index (χ0n) is 45.4. The van der Waals surface area contributed by atoms with Gasteiger partial charge < -0.3 is 74.0 Å². The Morgan fingerprint density at radius 2 is 1.04 bits per heavy atom. The van der Waals surface area contributed by atoms with E-state index >= 15 is 0 Å². The Hall–Kier alpha value is -9.44. The Bertz CT molecular complexity index is 2910. The summed E-state index contributed by atoms with van der Waals surface area (Å²) in [6, 6.07) is 21.5. The first-order valence-corrected chi connectivity index (χ1v) is 26.2. The zero-order valence-corrected chi connectivity index (χ0v) is 45.4. The van der Waals surface area contributed by atoms with E-state index in [0.29, 0.717) is 23.1 Å².